The van der Waals surface area contributed by atoms with Gasteiger partial charge in [-0.15, -0.1) is 0 Å². The van der Waals surface area contributed by atoms with Crippen molar-refractivity contribution in [1.29, 1.82) is 0 Å². The summed E-state index contributed by atoms with van der Waals surface area (Å²) in [4.78, 5) is 0. The van der Waals surface area contributed by atoms with E-state index in [4.69, 9.17) is 5.73 Å². The number of aromatic nitrogens is 2. The molecule has 1 fully saturated rings. The molecule has 0 aliphatic carbocycles. The normalized spacial score (nSPS) is 23.1. The summed E-state index contributed by atoms with van der Waals surface area (Å²) >= 11 is 0. The fraction of sp³-hybridized carbons (Fsp3) is 0.727. The Kier molecular flexibility index (Phi) is 3.41. The van der Waals surface area contributed by atoms with Gasteiger partial charge in [-0.05, 0) is 20.3 Å². The van der Waals surface area contributed by atoms with Crippen LogP contribution in [-0.2, 0) is 24.4 Å². The van der Waals surface area contributed by atoms with E-state index in [1.807, 2.05) is 0 Å². The Labute approximate surface area is 119 Å². The number of sulfone groups is 2. The van der Waals surface area contributed by atoms with Crippen LogP contribution in [0.2, 0.25) is 0 Å². The highest BCUT2D eigenvalue weighted by Gasteiger charge is 2.37. The van der Waals surface area contributed by atoms with Crippen molar-refractivity contribution in [3.05, 3.63) is 11.8 Å². The lowest BCUT2D eigenvalue weighted by Gasteiger charge is -2.19. The Hall–Kier alpha value is -1.09. The largest absolute Gasteiger partial charge is 0.384 e. The summed E-state index contributed by atoms with van der Waals surface area (Å²) in [5.74, 6) is 0.401. The third kappa shape index (κ3) is 2.56. The van der Waals surface area contributed by atoms with E-state index in [0.717, 1.165) is 6.26 Å². The average molecular weight is 321 g/mol. The van der Waals surface area contributed by atoms with Crippen molar-refractivity contribution in [1.82, 2.24) is 9.78 Å². The van der Waals surface area contributed by atoms with Crippen LogP contribution in [0.15, 0.2) is 6.07 Å². The minimum absolute atomic E-state index is 0.00236. The van der Waals surface area contributed by atoms with Crippen LogP contribution in [0.5, 0.6) is 0 Å². The minimum Gasteiger partial charge on any atom is -0.384 e. The van der Waals surface area contributed by atoms with Gasteiger partial charge in [0, 0.05) is 12.3 Å². The van der Waals surface area contributed by atoms with Crippen LogP contribution in [-0.4, -0.2) is 44.4 Å². The van der Waals surface area contributed by atoms with Crippen molar-refractivity contribution < 1.29 is 16.8 Å². The highest BCUT2D eigenvalue weighted by atomic mass is 32.2. The second-order valence-corrected chi connectivity index (χ2v) is 10.5. The van der Waals surface area contributed by atoms with E-state index in [9.17, 15) is 16.8 Å². The molecule has 1 unspecified atom stereocenters. The highest BCUT2D eigenvalue weighted by Crippen LogP contribution is 2.32. The zero-order valence-corrected chi connectivity index (χ0v) is 13.3. The molecular weight excluding hydrogens is 302 g/mol. The number of nitrogen functional groups attached to an aromatic ring is 1. The first-order valence-electron chi connectivity index (χ1n) is 6.19. The predicted molar refractivity (Wildman–Crippen MR) is 76.8 cm³/mol. The van der Waals surface area contributed by atoms with Gasteiger partial charge in [0.1, 0.15) is 10.6 Å². The molecule has 2 N–H and O–H groups in total. The van der Waals surface area contributed by atoms with E-state index in [-0.39, 0.29) is 17.5 Å². The van der Waals surface area contributed by atoms with Crippen molar-refractivity contribution in [2.45, 2.75) is 31.1 Å². The highest BCUT2D eigenvalue weighted by molar-refractivity contribution is 7.91. The van der Waals surface area contributed by atoms with Crippen LogP contribution in [0.4, 0.5) is 5.82 Å². The van der Waals surface area contributed by atoms with Gasteiger partial charge in [0.05, 0.1) is 23.2 Å². The van der Waals surface area contributed by atoms with Crippen molar-refractivity contribution >= 4 is 25.5 Å². The fourth-order valence-electron chi connectivity index (χ4n) is 2.15. The molecule has 1 aliphatic heterocycles. The fourth-order valence-corrected chi connectivity index (χ4v) is 4.33. The van der Waals surface area contributed by atoms with E-state index in [0.29, 0.717) is 17.9 Å². The predicted octanol–water partition coefficient (Wildman–Crippen LogP) is 0.105. The van der Waals surface area contributed by atoms with E-state index in [2.05, 4.69) is 5.10 Å². The molecule has 0 radical (unpaired) electrons. The molecule has 0 saturated carbocycles. The molecule has 0 bridgehead atoms. The van der Waals surface area contributed by atoms with Gasteiger partial charge in [-0.2, -0.15) is 5.10 Å². The molecule has 0 spiro atoms. The smallest absolute Gasteiger partial charge is 0.158 e. The molecule has 1 aromatic rings. The summed E-state index contributed by atoms with van der Waals surface area (Å²) in [6.45, 7) is 3.11. The third-order valence-corrected chi connectivity index (χ3v) is 7.68. The summed E-state index contributed by atoms with van der Waals surface area (Å²) in [6, 6.07) is 1.19. The van der Waals surface area contributed by atoms with Gasteiger partial charge in [-0.1, -0.05) is 0 Å². The number of nitrogens with two attached hydrogens (primary N) is 1. The first kappa shape index (κ1) is 15.3. The van der Waals surface area contributed by atoms with Crippen LogP contribution in [0.1, 0.15) is 32.0 Å². The van der Waals surface area contributed by atoms with E-state index < -0.39 is 24.4 Å². The van der Waals surface area contributed by atoms with Gasteiger partial charge < -0.3 is 5.73 Å². The number of nitrogens with zero attached hydrogens (tertiary/aromatic N) is 2. The molecule has 2 heterocycles. The maximum atomic E-state index is 11.8. The molecule has 114 valence electrons. The van der Waals surface area contributed by atoms with Crippen LogP contribution < -0.4 is 5.73 Å². The molecule has 7 nitrogen and oxygen atoms in total. The van der Waals surface area contributed by atoms with Crippen molar-refractivity contribution in [2.24, 2.45) is 0 Å². The van der Waals surface area contributed by atoms with Crippen LogP contribution in [0.25, 0.3) is 0 Å². The summed E-state index contributed by atoms with van der Waals surface area (Å²) in [5, 5.41) is 4.24. The molecular formula is C11H19N3O4S2. The van der Waals surface area contributed by atoms with E-state index >= 15 is 0 Å². The van der Waals surface area contributed by atoms with Crippen LogP contribution >= 0.6 is 0 Å². The number of hydrogen-bond donors (Lipinski definition) is 1. The van der Waals surface area contributed by atoms with Crippen molar-refractivity contribution in [2.75, 3.05) is 23.5 Å². The first-order valence-corrected chi connectivity index (χ1v) is 9.91. The second-order valence-electron chi connectivity index (χ2n) is 5.74. The molecule has 0 amide bonds. The van der Waals surface area contributed by atoms with Gasteiger partial charge in [-0.3, -0.25) is 0 Å². The Morgan fingerprint density at radius 1 is 1.45 bits per heavy atom. The van der Waals surface area contributed by atoms with Crippen LogP contribution in [0.3, 0.4) is 0 Å². The number of anilines is 1. The molecule has 0 aromatic carbocycles. The Morgan fingerprint density at radius 2 is 2.05 bits per heavy atom. The Balaban J connectivity index is 2.41. The lowest BCUT2D eigenvalue weighted by molar-refractivity contribution is 0.490. The standard InChI is InChI=1S/C11H19N3O4S2/c1-11(2,19(3,15)16)9-6-10(12)14(13-9)8-4-5-20(17,18)7-8/h6,8H,4-5,7,12H2,1-3H3. The zero-order chi connectivity index (χ0) is 15.3. The number of hydrogen-bond acceptors (Lipinski definition) is 6. The quantitative estimate of drug-likeness (QED) is 0.845. The van der Waals surface area contributed by atoms with Gasteiger partial charge in [-0.25, -0.2) is 21.5 Å². The summed E-state index contributed by atoms with van der Waals surface area (Å²) < 4.78 is 46.9. The SMILES string of the molecule is CC(C)(c1cc(N)n(C2CCS(=O)(=O)C2)n1)S(C)(=O)=O. The lowest BCUT2D eigenvalue weighted by atomic mass is 10.1. The summed E-state index contributed by atoms with van der Waals surface area (Å²) in [5.41, 5.74) is 6.20. The van der Waals surface area contributed by atoms with Gasteiger partial charge in [0.25, 0.3) is 0 Å². The summed E-state index contributed by atoms with van der Waals surface area (Å²) in [6.07, 6.45) is 1.59. The first-order chi connectivity index (χ1) is 8.94. The molecule has 2 rings (SSSR count). The van der Waals surface area contributed by atoms with Crippen LogP contribution in [0, 0.1) is 0 Å². The minimum atomic E-state index is -3.35. The Morgan fingerprint density at radius 3 is 2.50 bits per heavy atom. The Bertz CT molecular complexity index is 732. The zero-order valence-electron chi connectivity index (χ0n) is 11.7. The third-order valence-electron chi connectivity index (χ3n) is 3.86. The molecule has 1 atom stereocenters. The molecule has 1 aliphatic rings. The average Bonchev–Trinajstić information content (AvgIpc) is 2.80. The van der Waals surface area contributed by atoms with Gasteiger partial charge in [0.2, 0.25) is 0 Å². The van der Waals surface area contributed by atoms with E-state index in [1.54, 1.807) is 13.8 Å². The summed E-state index contributed by atoms with van der Waals surface area (Å²) in [7, 11) is -6.40. The number of rotatable bonds is 3. The van der Waals surface area contributed by atoms with Gasteiger partial charge >= 0.3 is 0 Å². The molecule has 1 saturated heterocycles. The van der Waals surface area contributed by atoms with E-state index in [1.165, 1.54) is 10.7 Å². The maximum absolute atomic E-state index is 11.8. The van der Waals surface area contributed by atoms with Crippen molar-refractivity contribution in [3.63, 3.8) is 0 Å². The molecule has 20 heavy (non-hydrogen) atoms. The second kappa shape index (κ2) is 4.45. The van der Waals surface area contributed by atoms with Crippen molar-refractivity contribution in [3.8, 4) is 0 Å². The molecule has 9 heteroatoms. The van der Waals surface area contributed by atoms with Gasteiger partial charge in [0.15, 0.2) is 19.7 Å². The molecule has 1 aromatic heterocycles. The maximum Gasteiger partial charge on any atom is 0.158 e. The monoisotopic (exact) mass is 321 g/mol. The lowest BCUT2D eigenvalue weighted by Crippen LogP contribution is -2.29. The topological polar surface area (TPSA) is 112 Å².